The molecule has 0 fully saturated rings. The highest BCUT2D eigenvalue weighted by molar-refractivity contribution is 5.76. The van der Waals surface area contributed by atoms with Gasteiger partial charge >= 0.3 is 6.09 Å². The Morgan fingerprint density at radius 1 is 0.500 bits per heavy atom. The van der Waals surface area contributed by atoms with E-state index in [0.717, 1.165) is 31.2 Å². The minimum atomic E-state index is -0.399. The van der Waals surface area contributed by atoms with Crippen molar-refractivity contribution in [3.05, 3.63) is 35.9 Å². The Labute approximate surface area is 310 Å². The third-order valence-electron chi connectivity index (χ3n) is 10.2. The van der Waals surface area contributed by atoms with Gasteiger partial charge in [-0.25, -0.2) is 4.79 Å². The molecule has 0 saturated heterocycles. The molecule has 0 radical (unpaired) electrons. The Bertz CT molecular complexity index is 861. The average molecular weight is 699 g/mol. The number of hydrogen-bond donors (Lipinski definition) is 2. The SMILES string of the molecule is CCCCCCCCCCCCCCCCCCNC(=O)OC[C@H](NC(=O)CCCCCCCCCCCCCCCCC)c1ccccc1. The molecule has 1 aromatic carbocycles. The number of carbonyl (C=O) groups excluding carboxylic acids is 2. The maximum absolute atomic E-state index is 12.8. The fourth-order valence-corrected chi connectivity index (χ4v) is 6.90. The zero-order valence-electron chi connectivity index (χ0n) is 33.2. The zero-order chi connectivity index (χ0) is 36.0. The molecule has 0 spiro atoms. The summed E-state index contributed by atoms with van der Waals surface area (Å²) < 4.78 is 5.55. The summed E-state index contributed by atoms with van der Waals surface area (Å²) in [7, 11) is 0. The number of benzene rings is 1. The van der Waals surface area contributed by atoms with Crippen molar-refractivity contribution in [2.24, 2.45) is 0 Å². The van der Waals surface area contributed by atoms with Gasteiger partial charge in [0.25, 0.3) is 0 Å². The molecular formula is C45H82N2O3. The third kappa shape index (κ3) is 30.8. The van der Waals surface area contributed by atoms with Crippen molar-refractivity contribution in [3.8, 4) is 0 Å². The van der Waals surface area contributed by atoms with Gasteiger partial charge in [-0.2, -0.15) is 0 Å². The van der Waals surface area contributed by atoms with Crippen molar-refractivity contribution in [3.63, 3.8) is 0 Å². The van der Waals surface area contributed by atoms with Crippen LogP contribution in [0.5, 0.6) is 0 Å². The molecule has 1 aromatic rings. The molecule has 0 aliphatic carbocycles. The molecule has 2 amide bonds. The van der Waals surface area contributed by atoms with E-state index >= 15 is 0 Å². The minimum Gasteiger partial charge on any atom is -0.447 e. The zero-order valence-corrected chi connectivity index (χ0v) is 33.2. The van der Waals surface area contributed by atoms with Crippen LogP contribution in [0.25, 0.3) is 0 Å². The fraction of sp³-hybridized carbons (Fsp3) is 0.822. The first kappa shape index (κ1) is 46.0. The molecule has 0 saturated carbocycles. The molecule has 0 bridgehead atoms. The van der Waals surface area contributed by atoms with Crippen molar-refractivity contribution >= 4 is 12.0 Å². The van der Waals surface area contributed by atoms with Crippen LogP contribution in [0, 0.1) is 0 Å². The lowest BCUT2D eigenvalue weighted by Gasteiger charge is -2.19. The Hall–Kier alpha value is -2.04. The van der Waals surface area contributed by atoms with Crippen LogP contribution >= 0.6 is 0 Å². The summed E-state index contributed by atoms with van der Waals surface area (Å²) in [6.45, 7) is 5.34. The number of ether oxygens (including phenoxy) is 1. The molecule has 1 atom stereocenters. The lowest BCUT2D eigenvalue weighted by atomic mass is 10.0. The number of amides is 2. The van der Waals surface area contributed by atoms with E-state index in [-0.39, 0.29) is 18.6 Å². The first-order valence-corrected chi connectivity index (χ1v) is 21.9. The monoisotopic (exact) mass is 699 g/mol. The summed E-state index contributed by atoms with van der Waals surface area (Å²) in [5.74, 6) is 0.0331. The van der Waals surface area contributed by atoms with Crippen LogP contribution in [-0.4, -0.2) is 25.2 Å². The van der Waals surface area contributed by atoms with E-state index in [1.165, 1.54) is 173 Å². The topological polar surface area (TPSA) is 67.4 Å². The van der Waals surface area contributed by atoms with E-state index < -0.39 is 6.09 Å². The minimum absolute atomic E-state index is 0.0331. The quantitative estimate of drug-likeness (QED) is 0.0680. The van der Waals surface area contributed by atoms with Gasteiger partial charge in [0, 0.05) is 13.0 Å². The second-order valence-corrected chi connectivity index (χ2v) is 15.1. The molecule has 0 heterocycles. The largest absolute Gasteiger partial charge is 0.447 e. The Balaban J connectivity index is 2.04. The molecule has 0 aliphatic heterocycles. The van der Waals surface area contributed by atoms with Crippen LogP contribution in [0.3, 0.4) is 0 Å². The van der Waals surface area contributed by atoms with E-state index in [4.69, 9.17) is 4.74 Å². The lowest BCUT2D eigenvalue weighted by Crippen LogP contribution is -2.34. The summed E-state index contributed by atoms with van der Waals surface area (Å²) in [6, 6.07) is 9.51. The molecule has 0 unspecified atom stereocenters. The number of rotatable bonds is 37. The maximum Gasteiger partial charge on any atom is 0.407 e. The third-order valence-corrected chi connectivity index (χ3v) is 10.2. The van der Waals surface area contributed by atoms with E-state index in [9.17, 15) is 9.59 Å². The predicted molar refractivity (Wildman–Crippen MR) is 216 cm³/mol. The van der Waals surface area contributed by atoms with Crippen LogP contribution in [0.1, 0.15) is 231 Å². The van der Waals surface area contributed by atoms with E-state index in [1.54, 1.807) is 0 Å². The van der Waals surface area contributed by atoms with Gasteiger partial charge in [0.05, 0.1) is 6.04 Å². The number of hydrogen-bond acceptors (Lipinski definition) is 3. The highest BCUT2D eigenvalue weighted by atomic mass is 16.5. The van der Waals surface area contributed by atoms with Crippen molar-refractivity contribution in [1.82, 2.24) is 10.6 Å². The fourth-order valence-electron chi connectivity index (χ4n) is 6.90. The summed E-state index contributed by atoms with van der Waals surface area (Å²) >= 11 is 0. The standard InChI is InChI=1S/C45H82N2O3/c1-3-5-7-9-11-13-15-17-19-21-23-25-27-29-31-36-40-46-45(49)50-41-43(42-37-33-32-34-38-42)47-44(48)39-35-30-28-26-24-22-20-18-16-14-12-10-8-6-4-2/h32-34,37-38,43H,3-31,35-36,39-41H2,1-2H3,(H,46,49)(H,47,48)/t43-/m0/s1. The van der Waals surface area contributed by atoms with Gasteiger partial charge in [-0.3, -0.25) is 4.79 Å². The number of nitrogens with one attached hydrogen (secondary N) is 2. The van der Waals surface area contributed by atoms with Crippen LogP contribution in [-0.2, 0) is 9.53 Å². The van der Waals surface area contributed by atoms with E-state index in [1.807, 2.05) is 30.3 Å². The smallest absolute Gasteiger partial charge is 0.407 e. The van der Waals surface area contributed by atoms with Gasteiger partial charge in [-0.15, -0.1) is 0 Å². The second-order valence-electron chi connectivity index (χ2n) is 15.1. The van der Waals surface area contributed by atoms with Gasteiger partial charge in [0.2, 0.25) is 5.91 Å². The van der Waals surface area contributed by atoms with Gasteiger partial charge in [0.1, 0.15) is 6.61 Å². The van der Waals surface area contributed by atoms with Crippen LogP contribution in [0.2, 0.25) is 0 Å². The molecule has 0 aromatic heterocycles. The molecule has 1 rings (SSSR count). The van der Waals surface area contributed by atoms with Crippen molar-refractivity contribution < 1.29 is 14.3 Å². The lowest BCUT2D eigenvalue weighted by molar-refractivity contribution is -0.122. The molecule has 0 aliphatic rings. The van der Waals surface area contributed by atoms with E-state index in [0.29, 0.717) is 13.0 Å². The molecule has 5 nitrogen and oxygen atoms in total. The summed E-state index contributed by atoms with van der Waals surface area (Å²) in [4.78, 5) is 25.2. The van der Waals surface area contributed by atoms with Crippen molar-refractivity contribution in [2.45, 2.75) is 225 Å². The normalized spacial score (nSPS) is 11.8. The second kappa shape index (κ2) is 36.7. The first-order chi connectivity index (χ1) is 24.7. The number of carbonyl (C=O) groups is 2. The van der Waals surface area contributed by atoms with Crippen LogP contribution in [0.4, 0.5) is 4.79 Å². The highest BCUT2D eigenvalue weighted by Gasteiger charge is 2.17. The average Bonchev–Trinajstić information content (AvgIpc) is 3.13. The summed E-state index contributed by atoms with van der Waals surface area (Å²) in [5.41, 5.74) is 0.961. The Morgan fingerprint density at radius 3 is 1.26 bits per heavy atom. The molecular weight excluding hydrogens is 617 g/mol. The Morgan fingerprint density at radius 2 is 0.860 bits per heavy atom. The van der Waals surface area contributed by atoms with Gasteiger partial charge in [-0.1, -0.05) is 230 Å². The maximum atomic E-state index is 12.8. The molecule has 5 heteroatoms. The van der Waals surface area contributed by atoms with E-state index in [2.05, 4.69) is 24.5 Å². The molecule has 50 heavy (non-hydrogen) atoms. The van der Waals surface area contributed by atoms with Crippen molar-refractivity contribution in [2.75, 3.05) is 13.2 Å². The number of unbranched alkanes of at least 4 members (excludes halogenated alkanes) is 29. The molecule has 2 N–H and O–H groups in total. The summed E-state index contributed by atoms with van der Waals surface area (Å²) in [6.07, 6.45) is 41.2. The van der Waals surface area contributed by atoms with Gasteiger partial charge < -0.3 is 15.4 Å². The van der Waals surface area contributed by atoms with Gasteiger partial charge in [0.15, 0.2) is 0 Å². The predicted octanol–water partition coefficient (Wildman–Crippen LogP) is 14.1. The summed E-state index contributed by atoms with van der Waals surface area (Å²) in [5, 5.41) is 6.02. The van der Waals surface area contributed by atoms with Crippen LogP contribution < -0.4 is 10.6 Å². The first-order valence-electron chi connectivity index (χ1n) is 21.9. The van der Waals surface area contributed by atoms with Crippen LogP contribution in [0.15, 0.2) is 30.3 Å². The van der Waals surface area contributed by atoms with Crippen molar-refractivity contribution in [1.29, 1.82) is 0 Å². The van der Waals surface area contributed by atoms with Gasteiger partial charge in [-0.05, 0) is 18.4 Å². The molecule has 290 valence electrons. The number of alkyl carbamates (subject to hydrolysis) is 1. The Kier molecular flexibility index (Phi) is 33.8. The highest BCUT2D eigenvalue weighted by Crippen LogP contribution is 2.17.